The second-order valence-corrected chi connectivity index (χ2v) is 10.5. The molecule has 1 aromatic carbocycles. The van der Waals surface area contributed by atoms with Crippen LogP contribution in [0, 0.1) is 11.3 Å². The summed E-state index contributed by atoms with van der Waals surface area (Å²) < 4.78 is 75.2. The van der Waals surface area contributed by atoms with Gasteiger partial charge in [0.2, 0.25) is 11.2 Å². The molecule has 1 unspecified atom stereocenters. The highest BCUT2D eigenvalue weighted by atomic mass is 19.4. The van der Waals surface area contributed by atoms with E-state index in [9.17, 15) is 31.1 Å². The lowest BCUT2D eigenvalue weighted by Crippen LogP contribution is -2.62. The summed E-state index contributed by atoms with van der Waals surface area (Å²) in [4.78, 5) is 32.6. The Morgan fingerprint density at radius 3 is 2.10 bits per heavy atom. The fraction of sp³-hybridized carbons (Fsp3) is 0.519. The molecule has 1 atom stereocenters. The average molecular weight is 609 g/mol. The number of nitrogens with zero attached hydrogens (tertiary/aromatic N) is 1. The Morgan fingerprint density at radius 1 is 1.07 bits per heavy atom. The van der Waals surface area contributed by atoms with Gasteiger partial charge in [0.25, 0.3) is 0 Å². The molecule has 3 N–H and O–H groups in total. The van der Waals surface area contributed by atoms with Crippen molar-refractivity contribution in [1.82, 2.24) is 10.2 Å². The van der Waals surface area contributed by atoms with E-state index in [4.69, 9.17) is 29.0 Å². The maximum Gasteiger partial charge on any atom is 0.490 e. The van der Waals surface area contributed by atoms with Crippen molar-refractivity contribution < 1.29 is 55.3 Å². The van der Waals surface area contributed by atoms with Gasteiger partial charge in [-0.3, -0.25) is 9.69 Å². The van der Waals surface area contributed by atoms with Crippen LogP contribution in [0.2, 0.25) is 0 Å². The van der Waals surface area contributed by atoms with Gasteiger partial charge >= 0.3 is 24.3 Å². The quantitative estimate of drug-likeness (QED) is 0.427. The van der Waals surface area contributed by atoms with Crippen LogP contribution in [-0.2, 0) is 29.1 Å². The molecular weight excluding hydrogens is 578 g/mol. The van der Waals surface area contributed by atoms with Crippen LogP contribution in [-0.4, -0.2) is 65.1 Å². The van der Waals surface area contributed by atoms with E-state index in [1.54, 1.807) is 6.07 Å². The standard InChI is InChI=1S/C23H28N2O3.2C2HF3O2/c1-16(19-9-23(10-19)14-24-15-23)28-22-13-27-20(8-21(22)26)12-25-7-6-17-4-2-3-5-18(17)11-25;2*3-2(4,5)1(6)7/h2-5,8,13,16,19,24H,6-7,9-12,14-15H2,1H3;2*(H,6,7). The molecule has 2 aliphatic heterocycles. The van der Waals surface area contributed by atoms with Crippen molar-refractivity contribution in [2.45, 2.75) is 57.7 Å². The van der Waals surface area contributed by atoms with Crippen molar-refractivity contribution in [3.05, 3.63) is 63.7 Å². The number of carboxylic acids is 2. The van der Waals surface area contributed by atoms with Gasteiger partial charge in [0.05, 0.1) is 12.6 Å². The number of nitrogens with one attached hydrogen (secondary N) is 1. The first-order valence-corrected chi connectivity index (χ1v) is 12.9. The van der Waals surface area contributed by atoms with Crippen LogP contribution in [0.5, 0.6) is 5.75 Å². The number of carbonyl (C=O) groups is 2. The minimum atomic E-state index is -5.08. The summed E-state index contributed by atoms with van der Waals surface area (Å²) in [5.74, 6) is -3.94. The first-order chi connectivity index (χ1) is 19.5. The van der Waals surface area contributed by atoms with E-state index in [1.807, 2.05) is 0 Å². The third kappa shape index (κ3) is 8.95. The largest absolute Gasteiger partial charge is 0.490 e. The highest BCUT2D eigenvalue weighted by Gasteiger charge is 2.50. The molecule has 42 heavy (non-hydrogen) atoms. The molecule has 2 fully saturated rings. The second-order valence-electron chi connectivity index (χ2n) is 10.5. The molecule has 0 amide bonds. The van der Waals surface area contributed by atoms with E-state index in [0.29, 0.717) is 29.4 Å². The summed E-state index contributed by atoms with van der Waals surface area (Å²) >= 11 is 0. The first kappa shape index (κ1) is 32.9. The van der Waals surface area contributed by atoms with Gasteiger partial charge in [0.15, 0.2) is 0 Å². The zero-order valence-corrected chi connectivity index (χ0v) is 22.4. The van der Waals surface area contributed by atoms with E-state index < -0.39 is 24.3 Å². The van der Waals surface area contributed by atoms with Crippen LogP contribution in [0.4, 0.5) is 26.3 Å². The number of aliphatic carboxylic acids is 2. The molecule has 0 bridgehead atoms. The van der Waals surface area contributed by atoms with Crippen LogP contribution in [0.25, 0.3) is 0 Å². The normalized spacial score (nSPS) is 18.5. The van der Waals surface area contributed by atoms with Crippen LogP contribution in [0.3, 0.4) is 0 Å². The Labute approximate surface area is 236 Å². The molecule has 232 valence electrons. The number of rotatable bonds is 5. The van der Waals surface area contributed by atoms with E-state index in [1.165, 1.54) is 30.2 Å². The molecule has 0 radical (unpaired) electrons. The number of halogens is 6. The summed E-state index contributed by atoms with van der Waals surface area (Å²) in [6, 6.07) is 10.2. The fourth-order valence-electron chi connectivity index (χ4n) is 4.97. The van der Waals surface area contributed by atoms with Gasteiger partial charge < -0.3 is 24.7 Å². The zero-order valence-electron chi connectivity index (χ0n) is 22.4. The van der Waals surface area contributed by atoms with E-state index in [2.05, 4.69) is 41.4 Å². The lowest BCUT2D eigenvalue weighted by molar-refractivity contribution is -0.193. The van der Waals surface area contributed by atoms with E-state index >= 15 is 0 Å². The van der Waals surface area contributed by atoms with Crippen LogP contribution < -0.4 is 15.5 Å². The SMILES string of the molecule is CC(Oc1coc(CN2CCc3ccccc3C2)cc1=O)C1CC2(CNC2)C1.O=C(O)C(F)(F)F.O=C(O)C(F)(F)F. The topological polar surface area (TPSA) is 129 Å². The smallest absolute Gasteiger partial charge is 0.483 e. The predicted molar refractivity (Wildman–Crippen MR) is 135 cm³/mol. The monoisotopic (exact) mass is 608 g/mol. The lowest BCUT2D eigenvalue weighted by Gasteiger charge is -2.55. The number of ether oxygens (including phenoxy) is 1. The maximum absolute atomic E-state index is 12.5. The maximum atomic E-state index is 12.5. The summed E-state index contributed by atoms with van der Waals surface area (Å²) in [6.07, 6.45) is -5.18. The van der Waals surface area contributed by atoms with Crippen molar-refractivity contribution in [1.29, 1.82) is 0 Å². The molecule has 1 aliphatic carbocycles. The minimum absolute atomic E-state index is 0.0542. The average Bonchev–Trinajstić information content (AvgIpc) is 2.83. The van der Waals surface area contributed by atoms with E-state index in [0.717, 1.165) is 32.6 Å². The molecule has 3 aliphatic rings. The molecule has 1 saturated carbocycles. The molecule has 1 aromatic heterocycles. The Hall–Kier alpha value is -3.59. The molecular formula is C27H30F6N2O7. The molecule has 5 rings (SSSR count). The van der Waals surface area contributed by atoms with Crippen molar-refractivity contribution in [3.63, 3.8) is 0 Å². The molecule has 15 heteroatoms. The summed E-state index contributed by atoms with van der Waals surface area (Å²) in [5.41, 5.74) is 3.23. The Balaban J connectivity index is 0.000000289. The highest BCUT2D eigenvalue weighted by Crippen LogP contribution is 2.50. The third-order valence-electron chi connectivity index (χ3n) is 7.29. The highest BCUT2D eigenvalue weighted by molar-refractivity contribution is 5.73. The van der Waals surface area contributed by atoms with Crippen molar-refractivity contribution in [2.24, 2.45) is 11.3 Å². The Morgan fingerprint density at radius 2 is 1.62 bits per heavy atom. The number of hydrogen-bond donors (Lipinski definition) is 3. The van der Waals surface area contributed by atoms with Crippen molar-refractivity contribution in [3.8, 4) is 5.75 Å². The predicted octanol–water partition coefficient (Wildman–Crippen LogP) is 4.23. The van der Waals surface area contributed by atoms with Gasteiger partial charge in [-0.2, -0.15) is 26.3 Å². The first-order valence-electron chi connectivity index (χ1n) is 12.9. The Bertz CT molecular complexity index is 1270. The molecule has 1 saturated heterocycles. The van der Waals surface area contributed by atoms with Crippen LogP contribution in [0.1, 0.15) is 36.7 Å². The number of alkyl halides is 6. The number of carboxylic acid groups (broad SMARTS) is 2. The zero-order chi connectivity index (χ0) is 31.3. The fourth-order valence-corrected chi connectivity index (χ4v) is 4.97. The Kier molecular flexibility index (Phi) is 10.3. The number of hydrogen-bond acceptors (Lipinski definition) is 7. The molecule has 1 spiro atoms. The van der Waals surface area contributed by atoms with Gasteiger partial charge in [-0.25, -0.2) is 9.59 Å². The van der Waals surface area contributed by atoms with Gasteiger partial charge in [0.1, 0.15) is 12.0 Å². The minimum Gasteiger partial charge on any atom is -0.483 e. The van der Waals surface area contributed by atoms with Crippen molar-refractivity contribution in [2.75, 3.05) is 19.6 Å². The summed E-state index contributed by atoms with van der Waals surface area (Å²) in [5, 5.41) is 17.6. The third-order valence-corrected chi connectivity index (χ3v) is 7.29. The molecule has 3 heterocycles. The van der Waals surface area contributed by atoms with Gasteiger partial charge in [-0.15, -0.1) is 0 Å². The van der Waals surface area contributed by atoms with Gasteiger partial charge in [-0.05, 0) is 48.6 Å². The number of benzene rings is 1. The van der Waals surface area contributed by atoms with Gasteiger partial charge in [0, 0.05) is 32.2 Å². The summed E-state index contributed by atoms with van der Waals surface area (Å²) in [7, 11) is 0. The lowest BCUT2D eigenvalue weighted by atomic mass is 9.57. The van der Waals surface area contributed by atoms with Gasteiger partial charge in [-0.1, -0.05) is 24.3 Å². The van der Waals surface area contributed by atoms with Crippen LogP contribution in [0.15, 0.2) is 45.8 Å². The van der Waals surface area contributed by atoms with Crippen molar-refractivity contribution >= 4 is 11.9 Å². The second kappa shape index (κ2) is 13.2. The molecule has 9 nitrogen and oxygen atoms in total. The number of fused-ring (bicyclic) bond motifs is 1. The van der Waals surface area contributed by atoms with E-state index in [-0.39, 0.29) is 11.5 Å². The molecule has 2 aromatic rings. The summed E-state index contributed by atoms with van der Waals surface area (Å²) in [6.45, 7) is 6.86. The van der Waals surface area contributed by atoms with Crippen LogP contribution >= 0.6 is 0 Å².